The Morgan fingerprint density at radius 3 is 2.52 bits per heavy atom. The minimum Gasteiger partial charge on any atom is -0.480 e. The van der Waals surface area contributed by atoms with Crippen LogP contribution in [0.1, 0.15) is 54.5 Å². The van der Waals surface area contributed by atoms with Gasteiger partial charge in [0.15, 0.2) is 5.69 Å². The summed E-state index contributed by atoms with van der Waals surface area (Å²) < 4.78 is 1.82. The first-order valence-corrected chi connectivity index (χ1v) is 8.59. The number of carbonyl (C=O) groups excluding carboxylic acids is 1. The van der Waals surface area contributed by atoms with Crippen LogP contribution < -0.4 is 5.32 Å². The molecular formula is C19H23N3O3. The van der Waals surface area contributed by atoms with Gasteiger partial charge < -0.3 is 10.4 Å². The summed E-state index contributed by atoms with van der Waals surface area (Å²) in [5, 5.41) is 16.3. The van der Waals surface area contributed by atoms with Gasteiger partial charge in [-0.15, -0.1) is 0 Å². The number of carboxylic acid groups (broad SMARTS) is 1. The molecule has 0 radical (unpaired) electrons. The van der Waals surface area contributed by atoms with Crippen LogP contribution in [0.25, 0.3) is 5.69 Å². The molecule has 2 aromatic rings. The van der Waals surface area contributed by atoms with Crippen molar-refractivity contribution in [1.82, 2.24) is 15.1 Å². The van der Waals surface area contributed by atoms with Gasteiger partial charge in [0.1, 0.15) is 5.54 Å². The van der Waals surface area contributed by atoms with E-state index in [0.717, 1.165) is 42.6 Å². The lowest BCUT2D eigenvalue weighted by Crippen LogP contribution is -2.49. The number of rotatable bonds is 5. The van der Waals surface area contributed by atoms with Crippen LogP contribution in [-0.2, 0) is 24.1 Å². The van der Waals surface area contributed by atoms with Gasteiger partial charge in [0.05, 0.1) is 5.69 Å². The van der Waals surface area contributed by atoms with Gasteiger partial charge in [-0.2, -0.15) is 5.10 Å². The second kappa shape index (κ2) is 6.35. The first-order chi connectivity index (χ1) is 11.8. The number of nitrogens with one attached hydrogen (secondary N) is 1. The second-order valence-corrected chi connectivity index (χ2v) is 6.94. The lowest BCUT2D eigenvalue weighted by Gasteiger charge is -2.20. The van der Waals surface area contributed by atoms with Crippen molar-refractivity contribution < 1.29 is 14.7 Å². The Balaban J connectivity index is 1.97. The second-order valence-electron chi connectivity index (χ2n) is 6.94. The Labute approximate surface area is 146 Å². The fourth-order valence-electron chi connectivity index (χ4n) is 3.10. The summed E-state index contributed by atoms with van der Waals surface area (Å²) in [6.45, 7) is 5.04. The molecule has 1 amide bonds. The minimum atomic E-state index is -1.34. The zero-order valence-corrected chi connectivity index (χ0v) is 14.8. The molecule has 132 valence electrons. The molecule has 1 aliphatic carbocycles. The topological polar surface area (TPSA) is 84.2 Å². The van der Waals surface area contributed by atoms with E-state index in [1.54, 1.807) is 0 Å². The molecular weight excluding hydrogens is 318 g/mol. The van der Waals surface area contributed by atoms with Gasteiger partial charge in [-0.25, -0.2) is 9.48 Å². The van der Waals surface area contributed by atoms with Crippen molar-refractivity contribution in [3.63, 3.8) is 0 Å². The third-order valence-corrected chi connectivity index (χ3v) is 4.70. The molecule has 0 spiro atoms. The van der Waals surface area contributed by atoms with Gasteiger partial charge in [-0.1, -0.05) is 19.1 Å². The van der Waals surface area contributed by atoms with E-state index in [0.29, 0.717) is 5.69 Å². The van der Waals surface area contributed by atoms with Crippen LogP contribution in [-0.4, -0.2) is 32.3 Å². The summed E-state index contributed by atoms with van der Waals surface area (Å²) in [5.74, 6) is -1.51. The highest BCUT2D eigenvalue weighted by molar-refractivity contribution is 5.97. The van der Waals surface area contributed by atoms with Crippen molar-refractivity contribution in [3.8, 4) is 5.69 Å². The van der Waals surface area contributed by atoms with Crippen LogP contribution in [0.15, 0.2) is 24.3 Å². The molecule has 25 heavy (non-hydrogen) atoms. The smallest absolute Gasteiger partial charge is 0.328 e. The number of hydrogen-bond donors (Lipinski definition) is 2. The van der Waals surface area contributed by atoms with Crippen LogP contribution in [0.2, 0.25) is 0 Å². The Bertz CT molecular complexity index is 819. The number of aromatic nitrogens is 2. The normalized spacial score (nSPS) is 13.6. The molecule has 1 aromatic heterocycles. The van der Waals surface area contributed by atoms with Crippen molar-refractivity contribution in [2.75, 3.05) is 0 Å². The highest BCUT2D eigenvalue weighted by atomic mass is 16.4. The zero-order valence-electron chi connectivity index (χ0n) is 14.8. The van der Waals surface area contributed by atoms with Crippen LogP contribution >= 0.6 is 0 Å². The largest absolute Gasteiger partial charge is 0.480 e. The monoisotopic (exact) mass is 341 g/mol. The number of aryl methyl sites for hydroxylation is 1. The maximum atomic E-state index is 12.6. The van der Waals surface area contributed by atoms with E-state index >= 15 is 0 Å². The number of nitrogens with zero attached hydrogens (tertiary/aromatic N) is 2. The van der Waals surface area contributed by atoms with Crippen LogP contribution in [0.4, 0.5) is 0 Å². The average molecular weight is 341 g/mol. The zero-order chi connectivity index (χ0) is 18.2. The van der Waals surface area contributed by atoms with Crippen molar-refractivity contribution >= 4 is 11.9 Å². The van der Waals surface area contributed by atoms with E-state index in [1.807, 2.05) is 16.8 Å². The first-order valence-electron chi connectivity index (χ1n) is 8.59. The van der Waals surface area contributed by atoms with Crippen molar-refractivity contribution in [3.05, 3.63) is 46.8 Å². The molecule has 0 aliphatic heterocycles. The Hall–Kier alpha value is -2.63. The van der Waals surface area contributed by atoms with Crippen molar-refractivity contribution in [1.29, 1.82) is 0 Å². The van der Waals surface area contributed by atoms with Gasteiger partial charge in [-0.3, -0.25) is 4.79 Å². The fraction of sp³-hybridized carbons (Fsp3) is 0.421. The highest BCUT2D eigenvalue weighted by Crippen LogP contribution is 2.28. The van der Waals surface area contributed by atoms with E-state index in [1.165, 1.54) is 19.4 Å². The molecule has 0 bridgehead atoms. The summed E-state index contributed by atoms with van der Waals surface area (Å²) >= 11 is 0. The van der Waals surface area contributed by atoms with E-state index in [4.69, 9.17) is 0 Å². The number of aliphatic carboxylic acids is 1. The molecule has 1 aliphatic rings. The van der Waals surface area contributed by atoms with Crippen molar-refractivity contribution in [2.24, 2.45) is 0 Å². The minimum absolute atomic E-state index is 0.335. The number of carboxylic acids is 1. The molecule has 2 N–H and O–H groups in total. The maximum Gasteiger partial charge on any atom is 0.328 e. The lowest BCUT2D eigenvalue weighted by molar-refractivity contribution is -0.143. The predicted molar refractivity (Wildman–Crippen MR) is 94.1 cm³/mol. The Morgan fingerprint density at radius 2 is 1.92 bits per heavy atom. The highest BCUT2D eigenvalue weighted by Gasteiger charge is 2.33. The standard InChI is InChI=1S/C19H23N3O3/c1-4-12-8-10-13(11-9-12)22-15-7-5-6-14(15)16(21-22)17(23)20-19(2,3)18(24)25/h8-11H,4-7H2,1-3H3,(H,20,23)(H,24,25). The Morgan fingerprint density at radius 1 is 1.24 bits per heavy atom. The van der Waals surface area contributed by atoms with Gasteiger partial charge >= 0.3 is 5.97 Å². The molecule has 1 aromatic carbocycles. The molecule has 6 nitrogen and oxygen atoms in total. The quantitative estimate of drug-likeness (QED) is 0.875. The molecule has 6 heteroatoms. The van der Waals surface area contributed by atoms with E-state index < -0.39 is 17.4 Å². The molecule has 3 rings (SSSR count). The summed E-state index contributed by atoms with van der Waals surface area (Å²) in [4.78, 5) is 23.9. The number of amides is 1. The van der Waals surface area contributed by atoms with Gasteiger partial charge in [0, 0.05) is 11.3 Å². The Kier molecular flexibility index (Phi) is 4.37. The molecule has 0 saturated heterocycles. The van der Waals surface area contributed by atoms with Gasteiger partial charge in [0.2, 0.25) is 0 Å². The molecule has 0 unspecified atom stereocenters. The maximum absolute atomic E-state index is 12.6. The molecule has 0 saturated carbocycles. The summed E-state index contributed by atoms with van der Waals surface area (Å²) in [7, 11) is 0. The number of benzene rings is 1. The third-order valence-electron chi connectivity index (χ3n) is 4.70. The number of hydrogen-bond acceptors (Lipinski definition) is 3. The van der Waals surface area contributed by atoms with E-state index in [9.17, 15) is 14.7 Å². The lowest BCUT2D eigenvalue weighted by atomic mass is 10.1. The summed E-state index contributed by atoms with van der Waals surface area (Å²) in [5.41, 5.74) is 3.14. The molecule has 0 fully saturated rings. The van der Waals surface area contributed by atoms with Crippen LogP contribution in [0.3, 0.4) is 0 Å². The first kappa shape index (κ1) is 17.2. The van der Waals surface area contributed by atoms with Crippen LogP contribution in [0.5, 0.6) is 0 Å². The predicted octanol–water partition coefficient (Wildman–Crippen LogP) is 2.52. The van der Waals surface area contributed by atoms with Crippen molar-refractivity contribution in [2.45, 2.75) is 52.0 Å². The molecule has 0 atom stereocenters. The van der Waals surface area contributed by atoms with Crippen LogP contribution in [0, 0.1) is 0 Å². The summed E-state index contributed by atoms with van der Waals surface area (Å²) in [6.07, 6.45) is 3.60. The third kappa shape index (κ3) is 3.16. The van der Waals surface area contributed by atoms with E-state index in [-0.39, 0.29) is 0 Å². The number of fused-ring (bicyclic) bond motifs is 1. The van der Waals surface area contributed by atoms with E-state index in [2.05, 4.69) is 29.5 Å². The molecule has 1 heterocycles. The fourth-order valence-corrected chi connectivity index (χ4v) is 3.10. The average Bonchev–Trinajstić information content (AvgIpc) is 3.16. The SMILES string of the molecule is CCc1ccc(-n2nc(C(=O)NC(C)(C)C(=O)O)c3c2CCC3)cc1. The van der Waals surface area contributed by atoms with Gasteiger partial charge in [-0.05, 0) is 57.2 Å². The summed E-state index contributed by atoms with van der Waals surface area (Å²) in [6, 6.07) is 8.14. The van der Waals surface area contributed by atoms with Gasteiger partial charge in [0.25, 0.3) is 5.91 Å². The number of carbonyl (C=O) groups is 2.